The second-order valence-corrected chi connectivity index (χ2v) is 5.04. The van der Waals surface area contributed by atoms with Gasteiger partial charge in [-0.05, 0) is 30.0 Å². The van der Waals surface area contributed by atoms with Crippen LogP contribution in [-0.4, -0.2) is 19.8 Å². The average Bonchev–Trinajstić information content (AvgIpc) is 2.27. The number of hydrogen-bond donors (Lipinski definition) is 1. The lowest BCUT2D eigenvalue weighted by atomic mass is 10.1. The molecule has 0 aromatic heterocycles. The zero-order valence-corrected chi connectivity index (χ0v) is 11.5. The summed E-state index contributed by atoms with van der Waals surface area (Å²) < 4.78 is 5.52. The molecule has 0 radical (unpaired) electrons. The van der Waals surface area contributed by atoms with Crippen LogP contribution in [0.4, 0.5) is 0 Å². The third-order valence-corrected chi connectivity index (χ3v) is 2.72. The van der Waals surface area contributed by atoms with E-state index in [4.69, 9.17) is 16.3 Å². The first kappa shape index (κ1) is 14.5. The fraction of sp³-hybridized carbons (Fsp3) is 0.571. The van der Waals surface area contributed by atoms with Gasteiger partial charge >= 0.3 is 0 Å². The Hall–Kier alpha value is -0.570. The summed E-state index contributed by atoms with van der Waals surface area (Å²) in [5, 5.41) is 4.12. The Morgan fingerprint density at radius 1 is 1.29 bits per heavy atom. The van der Waals surface area contributed by atoms with Crippen LogP contribution in [0, 0.1) is 5.92 Å². The van der Waals surface area contributed by atoms with Crippen LogP contribution in [-0.2, 0) is 11.3 Å². The highest BCUT2D eigenvalue weighted by molar-refractivity contribution is 6.30. The minimum atomic E-state index is 0.717. The molecule has 1 N–H and O–H groups in total. The van der Waals surface area contributed by atoms with Gasteiger partial charge in [0.2, 0.25) is 0 Å². The van der Waals surface area contributed by atoms with Crippen LogP contribution >= 0.6 is 11.6 Å². The molecule has 0 saturated carbocycles. The summed E-state index contributed by atoms with van der Waals surface area (Å²) in [5.74, 6) is 0.717. The molecule has 1 aromatic carbocycles. The molecule has 96 valence electrons. The minimum absolute atomic E-state index is 0.717. The summed E-state index contributed by atoms with van der Waals surface area (Å²) in [5.41, 5.74) is 1.21. The fourth-order valence-corrected chi connectivity index (χ4v) is 1.66. The number of hydrogen-bond acceptors (Lipinski definition) is 2. The van der Waals surface area contributed by atoms with Crippen LogP contribution in [0.15, 0.2) is 24.3 Å². The van der Waals surface area contributed by atoms with E-state index < -0.39 is 0 Å². The first-order chi connectivity index (χ1) is 8.18. The van der Waals surface area contributed by atoms with Crippen LogP contribution in [0.1, 0.15) is 25.8 Å². The van der Waals surface area contributed by atoms with Crippen molar-refractivity contribution >= 4 is 11.6 Å². The largest absolute Gasteiger partial charge is 0.380 e. The van der Waals surface area contributed by atoms with Crippen molar-refractivity contribution in [2.45, 2.75) is 26.8 Å². The Labute approximate surface area is 109 Å². The number of ether oxygens (including phenoxy) is 1. The zero-order chi connectivity index (χ0) is 12.5. The molecule has 0 spiro atoms. The van der Waals surface area contributed by atoms with E-state index in [1.807, 2.05) is 18.2 Å². The Kier molecular flexibility index (Phi) is 7.25. The van der Waals surface area contributed by atoms with Crippen LogP contribution in [0.3, 0.4) is 0 Å². The van der Waals surface area contributed by atoms with Crippen LogP contribution in [0.25, 0.3) is 0 Å². The fourth-order valence-electron chi connectivity index (χ4n) is 1.45. The summed E-state index contributed by atoms with van der Waals surface area (Å²) in [4.78, 5) is 0. The normalized spacial score (nSPS) is 11.1. The monoisotopic (exact) mass is 255 g/mol. The van der Waals surface area contributed by atoms with E-state index >= 15 is 0 Å². The van der Waals surface area contributed by atoms with Crippen molar-refractivity contribution in [3.8, 4) is 0 Å². The van der Waals surface area contributed by atoms with Gasteiger partial charge in [-0.25, -0.2) is 0 Å². The smallest absolute Gasteiger partial charge is 0.0591 e. The molecular formula is C14H22ClNO. The molecule has 1 aromatic rings. The van der Waals surface area contributed by atoms with Gasteiger partial charge in [0, 0.05) is 24.7 Å². The second-order valence-electron chi connectivity index (χ2n) is 4.60. The second kappa shape index (κ2) is 8.51. The van der Waals surface area contributed by atoms with E-state index in [0.29, 0.717) is 0 Å². The van der Waals surface area contributed by atoms with E-state index in [0.717, 1.165) is 43.7 Å². The summed E-state index contributed by atoms with van der Waals surface area (Å²) in [7, 11) is 0. The van der Waals surface area contributed by atoms with Crippen LogP contribution < -0.4 is 5.32 Å². The van der Waals surface area contributed by atoms with Crippen molar-refractivity contribution < 1.29 is 4.74 Å². The summed E-state index contributed by atoms with van der Waals surface area (Å²) in [6.07, 6.45) is 1.13. The summed E-state index contributed by atoms with van der Waals surface area (Å²) in [6, 6.07) is 7.91. The number of rotatable bonds is 8. The standard InChI is InChI=1S/C14H22ClNO/c1-12(2)6-8-17-9-7-16-11-13-4-3-5-14(15)10-13/h3-5,10,12,16H,6-9,11H2,1-2H3. The molecule has 0 atom stereocenters. The predicted octanol–water partition coefficient (Wildman–Crippen LogP) is 3.49. The molecule has 0 aliphatic carbocycles. The Balaban J connectivity index is 2.01. The molecule has 0 amide bonds. The molecule has 0 saturated heterocycles. The predicted molar refractivity (Wildman–Crippen MR) is 73.4 cm³/mol. The maximum absolute atomic E-state index is 5.90. The van der Waals surface area contributed by atoms with Crippen molar-refractivity contribution in [1.82, 2.24) is 5.32 Å². The van der Waals surface area contributed by atoms with E-state index in [1.54, 1.807) is 0 Å². The van der Waals surface area contributed by atoms with Gasteiger partial charge in [0.25, 0.3) is 0 Å². The van der Waals surface area contributed by atoms with Gasteiger partial charge in [-0.3, -0.25) is 0 Å². The van der Waals surface area contributed by atoms with Crippen molar-refractivity contribution in [2.24, 2.45) is 5.92 Å². The molecule has 2 nitrogen and oxygen atoms in total. The highest BCUT2D eigenvalue weighted by Gasteiger charge is 1.95. The van der Waals surface area contributed by atoms with E-state index in [2.05, 4.69) is 25.2 Å². The minimum Gasteiger partial charge on any atom is -0.380 e. The van der Waals surface area contributed by atoms with Gasteiger partial charge in [0.05, 0.1) is 6.61 Å². The third-order valence-electron chi connectivity index (χ3n) is 2.48. The molecule has 0 aliphatic rings. The van der Waals surface area contributed by atoms with Gasteiger partial charge in [-0.1, -0.05) is 37.6 Å². The molecule has 0 bridgehead atoms. The first-order valence-electron chi connectivity index (χ1n) is 6.21. The van der Waals surface area contributed by atoms with Crippen molar-refractivity contribution in [2.75, 3.05) is 19.8 Å². The SMILES string of the molecule is CC(C)CCOCCNCc1cccc(Cl)c1. The van der Waals surface area contributed by atoms with Gasteiger partial charge in [0.15, 0.2) is 0 Å². The molecule has 0 fully saturated rings. The Morgan fingerprint density at radius 3 is 2.82 bits per heavy atom. The first-order valence-corrected chi connectivity index (χ1v) is 6.59. The van der Waals surface area contributed by atoms with Gasteiger partial charge < -0.3 is 10.1 Å². The van der Waals surface area contributed by atoms with Gasteiger partial charge in [-0.2, -0.15) is 0 Å². The molecule has 0 aliphatic heterocycles. The highest BCUT2D eigenvalue weighted by atomic mass is 35.5. The molecule has 3 heteroatoms. The van der Waals surface area contributed by atoms with Crippen molar-refractivity contribution in [3.63, 3.8) is 0 Å². The summed E-state index contributed by atoms with van der Waals surface area (Å²) >= 11 is 5.90. The lowest BCUT2D eigenvalue weighted by Crippen LogP contribution is -2.19. The maximum Gasteiger partial charge on any atom is 0.0591 e. The van der Waals surface area contributed by atoms with Crippen molar-refractivity contribution in [1.29, 1.82) is 0 Å². The Bertz CT molecular complexity index is 315. The van der Waals surface area contributed by atoms with Crippen molar-refractivity contribution in [3.05, 3.63) is 34.9 Å². The number of nitrogens with one attached hydrogen (secondary N) is 1. The third kappa shape index (κ3) is 7.37. The highest BCUT2D eigenvalue weighted by Crippen LogP contribution is 2.09. The Morgan fingerprint density at radius 2 is 2.12 bits per heavy atom. The number of halogens is 1. The van der Waals surface area contributed by atoms with E-state index in [-0.39, 0.29) is 0 Å². The summed E-state index contributed by atoms with van der Waals surface area (Å²) in [6.45, 7) is 7.77. The average molecular weight is 256 g/mol. The lowest BCUT2D eigenvalue weighted by molar-refractivity contribution is 0.125. The van der Waals surface area contributed by atoms with Crippen LogP contribution in [0.2, 0.25) is 5.02 Å². The molecule has 17 heavy (non-hydrogen) atoms. The molecular weight excluding hydrogens is 234 g/mol. The number of benzene rings is 1. The lowest BCUT2D eigenvalue weighted by Gasteiger charge is -2.07. The van der Waals surface area contributed by atoms with Gasteiger partial charge in [0.1, 0.15) is 0 Å². The molecule has 0 unspecified atom stereocenters. The maximum atomic E-state index is 5.90. The van der Waals surface area contributed by atoms with Crippen LogP contribution in [0.5, 0.6) is 0 Å². The molecule has 0 heterocycles. The molecule has 1 rings (SSSR count). The zero-order valence-electron chi connectivity index (χ0n) is 10.7. The quantitative estimate of drug-likeness (QED) is 0.718. The van der Waals surface area contributed by atoms with E-state index in [9.17, 15) is 0 Å². The van der Waals surface area contributed by atoms with Gasteiger partial charge in [-0.15, -0.1) is 0 Å². The topological polar surface area (TPSA) is 21.3 Å². The van der Waals surface area contributed by atoms with E-state index in [1.165, 1.54) is 5.56 Å².